The van der Waals surface area contributed by atoms with Gasteiger partial charge in [-0.25, -0.2) is 0 Å². The van der Waals surface area contributed by atoms with Crippen molar-refractivity contribution in [3.8, 4) is 5.75 Å². The summed E-state index contributed by atoms with van der Waals surface area (Å²) in [5.41, 5.74) is -0.0936. The average molecular weight is 299 g/mol. The Morgan fingerprint density at radius 3 is 2.36 bits per heavy atom. The molecule has 22 heavy (non-hydrogen) atoms. The van der Waals surface area contributed by atoms with Crippen molar-refractivity contribution in [3.05, 3.63) is 69.8 Å². The zero-order valence-electron chi connectivity index (χ0n) is 12.7. The van der Waals surface area contributed by atoms with Gasteiger partial charge in [0.15, 0.2) is 11.4 Å². The molecule has 0 atom stereocenters. The number of hydrogen-bond acceptors (Lipinski definition) is 4. The summed E-state index contributed by atoms with van der Waals surface area (Å²) >= 11 is 0. The molecule has 0 fully saturated rings. The van der Waals surface area contributed by atoms with Gasteiger partial charge in [-0.3, -0.25) is 14.9 Å². The molecule has 0 saturated carbocycles. The lowest BCUT2D eigenvalue weighted by Gasteiger charge is -2.25. The maximum atomic E-state index is 12.5. The fraction of sp³-hybridized carbons (Fsp3) is 0.235. The summed E-state index contributed by atoms with van der Waals surface area (Å²) in [5.74, 6) is -0.146. The molecule has 0 aromatic heterocycles. The Labute approximate surface area is 128 Å². The summed E-state index contributed by atoms with van der Waals surface area (Å²) in [4.78, 5) is 23.2. The smallest absolute Gasteiger partial charge is 0.311 e. The highest BCUT2D eigenvalue weighted by Gasteiger charge is 2.33. The Kier molecular flexibility index (Phi) is 4.26. The molecule has 0 spiro atoms. The second kappa shape index (κ2) is 5.97. The van der Waals surface area contributed by atoms with Crippen LogP contribution in [0.1, 0.15) is 29.8 Å². The SMILES string of the molecule is Cc1ccc(OC(C)(C)C(=O)c2ccccc2)c([N+](=O)[O-])c1. The zero-order valence-corrected chi connectivity index (χ0v) is 12.7. The summed E-state index contributed by atoms with van der Waals surface area (Å²) in [6.07, 6.45) is 0. The first-order valence-corrected chi connectivity index (χ1v) is 6.85. The minimum atomic E-state index is -1.21. The number of hydrogen-bond donors (Lipinski definition) is 0. The zero-order chi connectivity index (χ0) is 16.3. The number of benzene rings is 2. The monoisotopic (exact) mass is 299 g/mol. The highest BCUT2D eigenvalue weighted by molar-refractivity contribution is 6.02. The van der Waals surface area contributed by atoms with E-state index in [9.17, 15) is 14.9 Å². The van der Waals surface area contributed by atoms with Gasteiger partial charge in [0.25, 0.3) is 0 Å². The third-order valence-electron chi connectivity index (χ3n) is 3.26. The summed E-state index contributed by atoms with van der Waals surface area (Å²) in [6.45, 7) is 4.97. The predicted molar refractivity (Wildman–Crippen MR) is 83.3 cm³/mol. The van der Waals surface area contributed by atoms with E-state index in [1.54, 1.807) is 51.1 Å². The topological polar surface area (TPSA) is 69.4 Å². The molecule has 0 saturated heterocycles. The van der Waals surface area contributed by atoms with Crippen LogP contribution in [0, 0.1) is 17.0 Å². The van der Waals surface area contributed by atoms with Crippen molar-refractivity contribution in [2.24, 2.45) is 0 Å². The number of nitro benzene ring substituents is 1. The van der Waals surface area contributed by atoms with E-state index in [1.165, 1.54) is 12.1 Å². The molecule has 0 aliphatic rings. The van der Waals surface area contributed by atoms with Crippen LogP contribution >= 0.6 is 0 Å². The number of carbonyl (C=O) groups is 1. The van der Waals surface area contributed by atoms with E-state index in [2.05, 4.69) is 0 Å². The van der Waals surface area contributed by atoms with Crippen LogP contribution in [0.4, 0.5) is 5.69 Å². The predicted octanol–water partition coefficient (Wildman–Crippen LogP) is 3.94. The second-order valence-electron chi connectivity index (χ2n) is 5.54. The molecule has 114 valence electrons. The number of nitro groups is 1. The molecular weight excluding hydrogens is 282 g/mol. The fourth-order valence-corrected chi connectivity index (χ4v) is 2.11. The third-order valence-corrected chi connectivity index (χ3v) is 3.26. The normalized spacial score (nSPS) is 11.0. The first-order valence-electron chi connectivity index (χ1n) is 6.85. The summed E-state index contributed by atoms with van der Waals surface area (Å²) in [5, 5.41) is 11.1. The molecule has 5 nitrogen and oxygen atoms in total. The number of ether oxygens (including phenoxy) is 1. The number of aryl methyl sites for hydroxylation is 1. The number of ketones is 1. The van der Waals surface area contributed by atoms with E-state index in [4.69, 9.17) is 4.74 Å². The Bertz CT molecular complexity index is 708. The first kappa shape index (κ1) is 15.7. The summed E-state index contributed by atoms with van der Waals surface area (Å²) in [6, 6.07) is 13.4. The highest BCUT2D eigenvalue weighted by atomic mass is 16.6. The Morgan fingerprint density at radius 2 is 1.77 bits per heavy atom. The van der Waals surface area contributed by atoms with E-state index in [-0.39, 0.29) is 17.2 Å². The van der Waals surface area contributed by atoms with E-state index in [0.717, 1.165) is 5.56 Å². The van der Waals surface area contributed by atoms with Crippen molar-refractivity contribution >= 4 is 11.5 Å². The van der Waals surface area contributed by atoms with Crippen LogP contribution < -0.4 is 4.74 Å². The van der Waals surface area contributed by atoms with Crippen LogP contribution in [0.2, 0.25) is 0 Å². The van der Waals surface area contributed by atoms with Crippen molar-refractivity contribution in [3.63, 3.8) is 0 Å². The second-order valence-corrected chi connectivity index (χ2v) is 5.54. The van der Waals surface area contributed by atoms with Gasteiger partial charge in [-0.15, -0.1) is 0 Å². The van der Waals surface area contributed by atoms with Gasteiger partial charge < -0.3 is 4.74 Å². The van der Waals surface area contributed by atoms with E-state index >= 15 is 0 Å². The van der Waals surface area contributed by atoms with Crippen LogP contribution in [0.3, 0.4) is 0 Å². The van der Waals surface area contributed by atoms with Crippen molar-refractivity contribution in [2.45, 2.75) is 26.4 Å². The van der Waals surface area contributed by atoms with Crippen molar-refractivity contribution in [2.75, 3.05) is 0 Å². The molecule has 0 aliphatic heterocycles. The van der Waals surface area contributed by atoms with Gasteiger partial charge in [-0.05, 0) is 32.4 Å². The molecule has 0 aliphatic carbocycles. The molecule has 2 rings (SSSR count). The lowest BCUT2D eigenvalue weighted by atomic mass is 9.96. The molecule has 2 aromatic rings. The first-order chi connectivity index (χ1) is 10.3. The molecule has 2 aromatic carbocycles. The van der Waals surface area contributed by atoms with Gasteiger partial charge in [0.05, 0.1) is 4.92 Å². The van der Waals surface area contributed by atoms with Crippen LogP contribution in [-0.4, -0.2) is 16.3 Å². The van der Waals surface area contributed by atoms with Gasteiger partial charge in [0, 0.05) is 11.6 Å². The largest absolute Gasteiger partial charge is 0.473 e. The quantitative estimate of drug-likeness (QED) is 0.476. The van der Waals surface area contributed by atoms with Gasteiger partial charge in [-0.2, -0.15) is 0 Å². The molecule has 0 bridgehead atoms. The summed E-state index contributed by atoms with van der Waals surface area (Å²) in [7, 11) is 0. The lowest BCUT2D eigenvalue weighted by Crippen LogP contribution is -2.38. The van der Waals surface area contributed by atoms with Crippen LogP contribution in [-0.2, 0) is 0 Å². The van der Waals surface area contributed by atoms with Crippen LogP contribution in [0.25, 0.3) is 0 Å². The van der Waals surface area contributed by atoms with Gasteiger partial charge in [-0.1, -0.05) is 36.4 Å². The highest BCUT2D eigenvalue weighted by Crippen LogP contribution is 2.31. The lowest BCUT2D eigenvalue weighted by molar-refractivity contribution is -0.386. The molecular formula is C17H17NO4. The van der Waals surface area contributed by atoms with Crippen molar-refractivity contribution in [1.82, 2.24) is 0 Å². The average Bonchev–Trinajstić information content (AvgIpc) is 2.48. The van der Waals surface area contributed by atoms with Crippen molar-refractivity contribution < 1.29 is 14.5 Å². The minimum absolute atomic E-state index is 0.0879. The number of Topliss-reactive ketones (excluding diaryl/α,β-unsaturated/α-hetero) is 1. The van der Waals surface area contributed by atoms with Gasteiger partial charge in [0.1, 0.15) is 0 Å². The van der Waals surface area contributed by atoms with E-state index in [1.807, 2.05) is 6.07 Å². The Balaban J connectivity index is 2.33. The maximum absolute atomic E-state index is 12.5. The fourth-order valence-electron chi connectivity index (χ4n) is 2.11. The Hall–Kier alpha value is -2.69. The number of nitrogens with zero attached hydrogens (tertiary/aromatic N) is 1. The number of rotatable bonds is 5. The Morgan fingerprint density at radius 1 is 1.14 bits per heavy atom. The van der Waals surface area contributed by atoms with Gasteiger partial charge in [0.2, 0.25) is 5.78 Å². The molecule has 5 heteroatoms. The molecule has 0 heterocycles. The minimum Gasteiger partial charge on any atom is -0.473 e. The standard InChI is InChI=1S/C17H17NO4/c1-12-9-10-15(14(11-12)18(20)21)22-17(2,3)16(19)13-7-5-4-6-8-13/h4-11H,1-3H3. The third kappa shape index (κ3) is 3.31. The maximum Gasteiger partial charge on any atom is 0.311 e. The van der Waals surface area contributed by atoms with E-state index in [0.29, 0.717) is 5.56 Å². The number of carbonyl (C=O) groups excluding carboxylic acids is 1. The van der Waals surface area contributed by atoms with Gasteiger partial charge >= 0.3 is 5.69 Å². The molecule has 0 amide bonds. The van der Waals surface area contributed by atoms with Crippen LogP contribution in [0.5, 0.6) is 5.75 Å². The molecule has 0 unspecified atom stereocenters. The molecule has 0 radical (unpaired) electrons. The van der Waals surface area contributed by atoms with Crippen molar-refractivity contribution in [1.29, 1.82) is 0 Å². The summed E-state index contributed by atoms with van der Waals surface area (Å²) < 4.78 is 5.67. The van der Waals surface area contributed by atoms with Crippen LogP contribution in [0.15, 0.2) is 48.5 Å². The molecule has 0 N–H and O–H groups in total. The van der Waals surface area contributed by atoms with E-state index < -0.39 is 10.5 Å².